The first-order chi connectivity index (χ1) is 6.79. The lowest BCUT2D eigenvalue weighted by atomic mass is 10.1. The Kier molecular flexibility index (Phi) is 2.87. The SMILES string of the molecule is CCc1nc(CC2CCNC2)[nH]c1C. The fourth-order valence-corrected chi connectivity index (χ4v) is 2.17. The van der Waals surface area contributed by atoms with Crippen LogP contribution in [-0.4, -0.2) is 23.1 Å². The zero-order valence-corrected chi connectivity index (χ0v) is 9.06. The van der Waals surface area contributed by atoms with E-state index in [4.69, 9.17) is 0 Å². The quantitative estimate of drug-likeness (QED) is 0.762. The van der Waals surface area contributed by atoms with E-state index in [1.54, 1.807) is 0 Å². The van der Waals surface area contributed by atoms with Gasteiger partial charge in [0.05, 0.1) is 5.69 Å². The summed E-state index contributed by atoms with van der Waals surface area (Å²) in [5, 5.41) is 3.39. The Labute approximate surface area is 85.3 Å². The maximum Gasteiger partial charge on any atom is 0.106 e. The Balaban J connectivity index is 2.01. The fourth-order valence-electron chi connectivity index (χ4n) is 2.17. The molecule has 14 heavy (non-hydrogen) atoms. The lowest BCUT2D eigenvalue weighted by Gasteiger charge is -2.03. The summed E-state index contributed by atoms with van der Waals surface area (Å²) < 4.78 is 0. The van der Waals surface area contributed by atoms with Crippen molar-refractivity contribution in [1.29, 1.82) is 0 Å². The number of aromatic amines is 1. The predicted molar refractivity (Wildman–Crippen MR) is 57.4 cm³/mol. The molecule has 0 spiro atoms. The molecule has 1 aliphatic heterocycles. The Morgan fingerprint density at radius 2 is 2.36 bits per heavy atom. The van der Waals surface area contributed by atoms with Crippen molar-refractivity contribution >= 4 is 0 Å². The molecule has 3 nitrogen and oxygen atoms in total. The van der Waals surface area contributed by atoms with Crippen LogP contribution in [-0.2, 0) is 12.8 Å². The van der Waals surface area contributed by atoms with Crippen molar-refractivity contribution in [1.82, 2.24) is 15.3 Å². The summed E-state index contributed by atoms with van der Waals surface area (Å²) in [6.07, 6.45) is 3.43. The summed E-state index contributed by atoms with van der Waals surface area (Å²) in [5.41, 5.74) is 2.47. The van der Waals surface area contributed by atoms with Crippen LogP contribution in [0.25, 0.3) is 0 Å². The molecule has 0 aromatic carbocycles. The minimum atomic E-state index is 0.783. The van der Waals surface area contributed by atoms with Crippen LogP contribution in [0, 0.1) is 12.8 Å². The molecular weight excluding hydrogens is 174 g/mol. The first kappa shape index (κ1) is 9.71. The van der Waals surface area contributed by atoms with Crippen LogP contribution >= 0.6 is 0 Å². The van der Waals surface area contributed by atoms with Crippen molar-refractivity contribution in [3.8, 4) is 0 Å². The van der Waals surface area contributed by atoms with Gasteiger partial charge < -0.3 is 10.3 Å². The van der Waals surface area contributed by atoms with E-state index in [0.29, 0.717) is 0 Å². The van der Waals surface area contributed by atoms with Gasteiger partial charge in [-0.2, -0.15) is 0 Å². The molecule has 78 valence electrons. The molecule has 1 saturated heterocycles. The number of H-pyrrole nitrogens is 1. The molecule has 3 heteroatoms. The number of rotatable bonds is 3. The monoisotopic (exact) mass is 193 g/mol. The second kappa shape index (κ2) is 4.13. The van der Waals surface area contributed by atoms with E-state index in [1.807, 2.05) is 0 Å². The Morgan fingerprint density at radius 3 is 2.93 bits per heavy atom. The van der Waals surface area contributed by atoms with Gasteiger partial charge in [-0.15, -0.1) is 0 Å². The average Bonchev–Trinajstić information content (AvgIpc) is 2.76. The smallest absolute Gasteiger partial charge is 0.106 e. The fraction of sp³-hybridized carbons (Fsp3) is 0.727. The lowest BCUT2D eigenvalue weighted by molar-refractivity contribution is 0.564. The molecule has 1 atom stereocenters. The van der Waals surface area contributed by atoms with Gasteiger partial charge in [0.25, 0.3) is 0 Å². The van der Waals surface area contributed by atoms with E-state index in [2.05, 4.69) is 29.1 Å². The summed E-state index contributed by atoms with van der Waals surface area (Å²) in [4.78, 5) is 7.99. The van der Waals surface area contributed by atoms with E-state index in [1.165, 1.54) is 30.2 Å². The molecule has 0 amide bonds. The number of nitrogens with zero attached hydrogens (tertiary/aromatic N) is 1. The summed E-state index contributed by atoms with van der Waals surface area (Å²) in [5.74, 6) is 1.96. The van der Waals surface area contributed by atoms with Gasteiger partial charge in [0.1, 0.15) is 5.82 Å². The zero-order chi connectivity index (χ0) is 9.97. The van der Waals surface area contributed by atoms with Crippen LogP contribution in [0.5, 0.6) is 0 Å². The molecular formula is C11H19N3. The van der Waals surface area contributed by atoms with Gasteiger partial charge in [-0.3, -0.25) is 0 Å². The third-order valence-corrected chi connectivity index (χ3v) is 3.01. The van der Waals surface area contributed by atoms with E-state index < -0.39 is 0 Å². The van der Waals surface area contributed by atoms with E-state index >= 15 is 0 Å². The van der Waals surface area contributed by atoms with Crippen molar-refractivity contribution in [2.45, 2.75) is 33.1 Å². The predicted octanol–water partition coefficient (Wildman–Crippen LogP) is 1.43. The van der Waals surface area contributed by atoms with E-state index in [0.717, 1.165) is 25.3 Å². The molecule has 1 aromatic rings. The first-order valence-electron chi connectivity index (χ1n) is 5.54. The second-order valence-corrected chi connectivity index (χ2v) is 4.17. The number of nitrogens with one attached hydrogen (secondary N) is 2. The normalized spacial score (nSPS) is 21.7. The summed E-state index contributed by atoms with van der Waals surface area (Å²) >= 11 is 0. The molecule has 2 N–H and O–H groups in total. The van der Waals surface area contributed by atoms with Crippen LogP contribution < -0.4 is 5.32 Å². The molecule has 0 radical (unpaired) electrons. The van der Waals surface area contributed by atoms with E-state index in [-0.39, 0.29) is 0 Å². The summed E-state index contributed by atoms with van der Waals surface area (Å²) in [6.45, 7) is 6.60. The zero-order valence-electron chi connectivity index (χ0n) is 9.06. The summed E-state index contributed by atoms with van der Waals surface area (Å²) in [7, 11) is 0. The largest absolute Gasteiger partial charge is 0.346 e. The number of hydrogen-bond donors (Lipinski definition) is 2. The lowest BCUT2D eigenvalue weighted by Crippen LogP contribution is -2.11. The summed E-state index contributed by atoms with van der Waals surface area (Å²) in [6, 6.07) is 0. The van der Waals surface area contributed by atoms with Crippen molar-refractivity contribution in [3.63, 3.8) is 0 Å². The maximum absolute atomic E-state index is 4.61. The van der Waals surface area contributed by atoms with Gasteiger partial charge >= 0.3 is 0 Å². The van der Waals surface area contributed by atoms with Gasteiger partial charge in [0.2, 0.25) is 0 Å². The first-order valence-corrected chi connectivity index (χ1v) is 5.54. The molecule has 1 aliphatic rings. The minimum Gasteiger partial charge on any atom is -0.346 e. The van der Waals surface area contributed by atoms with Crippen molar-refractivity contribution in [3.05, 3.63) is 17.2 Å². The van der Waals surface area contributed by atoms with E-state index in [9.17, 15) is 0 Å². The van der Waals surface area contributed by atoms with Crippen molar-refractivity contribution < 1.29 is 0 Å². The van der Waals surface area contributed by atoms with Crippen molar-refractivity contribution in [2.24, 2.45) is 5.92 Å². The molecule has 1 aromatic heterocycles. The highest BCUT2D eigenvalue weighted by molar-refractivity contribution is 5.13. The van der Waals surface area contributed by atoms with Gasteiger partial charge in [-0.1, -0.05) is 6.92 Å². The molecule has 0 saturated carbocycles. The van der Waals surface area contributed by atoms with Crippen LogP contribution in [0.2, 0.25) is 0 Å². The highest BCUT2D eigenvalue weighted by atomic mass is 14.9. The standard InChI is InChI=1S/C11H19N3/c1-3-10-8(2)13-11(14-10)6-9-4-5-12-7-9/h9,12H,3-7H2,1-2H3,(H,13,14). The highest BCUT2D eigenvalue weighted by Gasteiger charge is 2.16. The van der Waals surface area contributed by atoms with Crippen LogP contribution in [0.4, 0.5) is 0 Å². The number of hydrogen-bond acceptors (Lipinski definition) is 2. The van der Waals surface area contributed by atoms with Crippen LogP contribution in [0.3, 0.4) is 0 Å². The van der Waals surface area contributed by atoms with Crippen LogP contribution in [0.1, 0.15) is 30.6 Å². The van der Waals surface area contributed by atoms with Gasteiger partial charge in [-0.05, 0) is 38.8 Å². The molecule has 1 fully saturated rings. The topological polar surface area (TPSA) is 40.7 Å². The number of aromatic nitrogens is 2. The third-order valence-electron chi connectivity index (χ3n) is 3.01. The molecule has 0 aliphatic carbocycles. The number of imidazole rings is 1. The molecule has 0 bridgehead atoms. The van der Waals surface area contributed by atoms with Crippen LogP contribution in [0.15, 0.2) is 0 Å². The molecule has 2 heterocycles. The van der Waals surface area contributed by atoms with Gasteiger partial charge in [0, 0.05) is 12.1 Å². The van der Waals surface area contributed by atoms with Gasteiger partial charge in [-0.25, -0.2) is 4.98 Å². The van der Waals surface area contributed by atoms with Crippen molar-refractivity contribution in [2.75, 3.05) is 13.1 Å². The third kappa shape index (κ3) is 1.98. The van der Waals surface area contributed by atoms with Gasteiger partial charge in [0.15, 0.2) is 0 Å². The highest BCUT2D eigenvalue weighted by Crippen LogP contribution is 2.14. The average molecular weight is 193 g/mol. The minimum absolute atomic E-state index is 0.783. The number of aryl methyl sites for hydroxylation is 2. The maximum atomic E-state index is 4.61. The second-order valence-electron chi connectivity index (χ2n) is 4.17. The molecule has 1 unspecified atom stereocenters. The Bertz CT molecular complexity index is 297. The Morgan fingerprint density at radius 1 is 1.50 bits per heavy atom. The molecule has 2 rings (SSSR count). The Hall–Kier alpha value is -0.830.